The number of ether oxygens (including phenoxy) is 1. The zero-order valence-corrected chi connectivity index (χ0v) is 23.1. The highest BCUT2D eigenvalue weighted by Crippen LogP contribution is 2.29. The van der Waals surface area contributed by atoms with Crippen molar-refractivity contribution in [3.8, 4) is 5.75 Å². The van der Waals surface area contributed by atoms with Crippen LogP contribution in [0.2, 0.25) is 10.0 Å². The van der Waals surface area contributed by atoms with Crippen molar-refractivity contribution in [3.63, 3.8) is 0 Å². The normalized spacial score (nSPS) is 15.8. The first-order valence-corrected chi connectivity index (χ1v) is 15.4. The molecule has 36 heavy (non-hydrogen) atoms. The summed E-state index contributed by atoms with van der Waals surface area (Å²) in [6.07, 6.45) is 3.76. The third-order valence-corrected chi connectivity index (χ3v) is 9.59. The van der Waals surface area contributed by atoms with Crippen LogP contribution in [0.1, 0.15) is 26.2 Å². The Morgan fingerprint density at radius 1 is 1.03 bits per heavy atom. The molecule has 1 N–H and O–H groups in total. The minimum absolute atomic E-state index is 0.0995. The predicted molar refractivity (Wildman–Crippen MR) is 141 cm³/mol. The van der Waals surface area contributed by atoms with Crippen LogP contribution in [0.5, 0.6) is 5.75 Å². The second kappa shape index (κ2) is 12.0. The molecule has 0 radical (unpaired) electrons. The van der Waals surface area contributed by atoms with Crippen molar-refractivity contribution in [1.29, 1.82) is 0 Å². The van der Waals surface area contributed by atoms with Gasteiger partial charge in [-0.1, -0.05) is 29.6 Å². The number of carbonyl (C=O) groups excluding carboxylic acids is 1. The number of amides is 1. The second-order valence-corrected chi connectivity index (χ2v) is 13.0. The molecule has 198 valence electrons. The SMILES string of the molecule is C[C@@H](C(=O)NCCOc1ccc(S(=O)(=O)N2CCCCC2)cc1)N(c1ccc(Cl)c(Cl)c1)S(C)(=O)=O. The number of hydrogen-bond acceptors (Lipinski definition) is 6. The zero-order valence-electron chi connectivity index (χ0n) is 20.0. The number of nitrogens with one attached hydrogen (secondary N) is 1. The summed E-state index contributed by atoms with van der Waals surface area (Å²) >= 11 is 11.9. The molecule has 0 unspecified atom stereocenters. The van der Waals surface area contributed by atoms with Gasteiger partial charge >= 0.3 is 0 Å². The van der Waals surface area contributed by atoms with E-state index in [1.165, 1.54) is 41.6 Å². The van der Waals surface area contributed by atoms with Gasteiger partial charge in [0.05, 0.1) is 33.4 Å². The largest absolute Gasteiger partial charge is 0.492 e. The Kier molecular flexibility index (Phi) is 9.50. The molecule has 1 aliphatic heterocycles. The first-order chi connectivity index (χ1) is 16.9. The van der Waals surface area contributed by atoms with Gasteiger partial charge in [0.25, 0.3) is 0 Å². The van der Waals surface area contributed by atoms with Crippen LogP contribution in [-0.2, 0) is 24.8 Å². The maximum Gasteiger partial charge on any atom is 0.243 e. The number of benzene rings is 2. The van der Waals surface area contributed by atoms with Gasteiger partial charge in [0, 0.05) is 13.1 Å². The van der Waals surface area contributed by atoms with E-state index in [4.69, 9.17) is 27.9 Å². The first kappa shape index (κ1) is 28.5. The van der Waals surface area contributed by atoms with Crippen molar-refractivity contribution in [1.82, 2.24) is 9.62 Å². The number of rotatable bonds is 10. The van der Waals surface area contributed by atoms with Gasteiger partial charge < -0.3 is 10.1 Å². The molecule has 1 saturated heterocycles. The highest BCUT2D eigenvalue weighted by molar-refractivity contribution is 7.92. The van der Waals surface area contributed by atoms with E-state index in [0.717, 1.165) is 29.8 Å². The monoisotopic (exact) mass is 577 g/mol. The van der Waals surface area contributed by atoms with Crippen molar-refractivity contribution < 1.29 is 26.4 Å². The molecule has 0 bridgehead atoms. The molecule has 2 aromatic carbocycles. The van der Waals surface area contributed by atoms with E-state index in [-0.39, 0.29) is 33.8 Å². The lowest BCUT2D eigenvalue weighted by molar-refractivity contribution is -0.121. The smallest absolute Gasteiger partial charge is 0.243 e. The maximum atomic E-state index is 12.7. The van der Waals surface area contributed by atoms with Gasteiger partial charge in [-0.15, -0.1) is 0 Å². The number of halogens is 2. The Hall–Kier alpha value is -2.05. The van der Waals surface area contributed by atoms with Crippen molar-refractivity contribution in [2.24, 2.45) is 0 Å². The summed E-state index contributed by atoms with van der Waals surface area (Å²) in [5.41, 5.74) is 0.213. The molecular weight excluding hydrogens is 549 g/mol. The summed E-state index contributed by atoms with van der Waals surface area (Å²) in [6, 6.07) is 9.39. The molecule has 0 aromatic heterocycles. The molecule has 13 heteroatoms. The van der Waals surface area contributed by atoms with Crippen molar-refractivity contribution >= 4 is 54.8 Å². The molecule has 1 fully saturated rings. The third kappa shape index (κ3) is 7.04. The fraction of sp³-hybridized carbons (Fsp3) is 0.435. The van der Waals surface area contributed by atoms with Crippen molar-refractivity contribution in [3.05, 3.63) is 52.5 Å². The third-order valence-electron chi connectivity index (χ3n) is 5.69. The van der Waals surface area contributed by atoms with E-state index in [0.29, 0.717) is 18.8 Å². The molecular formula is C23H29Cl2N3O6S2. The maximum absolute atomic E-state index is 12.7. The summed E-state index contributed by atoms with van der Waals surface area (Å²) in [6.45, 7) is 2.72. The van der Waals surface area contributed by atoms with Crippen LogP contribution in [0, 0.1) is 0 Å². The molecule has 0 spiro atoms. The van der Waals surface area contributed by atoms with Gasteiger partial charge in [0.15, 0.2) is 0 Å². The average Bonchev–Trinajstić information content (AvgIpc) is 2.84. The van der Waals surface area contributed by atoms with E-state index >= 15 is 0 Å². The molecule has 1 heterocycles. The van der Waals surface area contributed by atoms with E-state index in [2.05, 4.69) is 5.32 Å². The molecule has 0 saturated carbocycles. The fourth-order valence-corrected chi connectivity index (χ4v) is 6.86. The molecule has 1 atom stereocenters. The summed E-state index contributed by atoms with van der Waals surface area (Å²) in [7, 11) is -7.32. The predicted octanol–water partition coefficient (Wildman–Crippen LogP) is 3.52. The number of nitrogens with zero attached hydrogens (tertiary/aromatic N) is 2. The molecule has 3 rings (SSSR count). The molecule has 1 amide bonds. The van der Waals surface area contributed by atoms with Crippen LogP contribution < -0.4 is 14.4 Å². The quantitative estimate of drug-likeness (QED) is 0.432. The summed E-state index contributed by atoms with van der Waals surface area (Å²) in [5.74, 6) is -0.0819. The lowest BCUT2D eigenvalue weighted by Crippen LogP contribution is -2.48. The number of piperidine rings is 1. The first-order valence-electron chi connectivity index (χ1n) is 11.4. The van der Waals surface area contributed by atoms with E-state index in [9.17, 15) is 21.6 Å². The Morgan fingerprint density at radius 3 is 2.25 bits per heavy atom. The standard InChI is InChI=1S/C23H29Cl2N3O6S2/c1-17(28(35(2,30)31)18-6-11-21(24)22(25)16-18)23(29)26-12-15-34-19-7-9-20(10-8-19)36(32,33)27-13-4-3-5-14-27/h6-11,16-17H,3-5,12-15H2,1-2H3,(H,26,29)/t17-/m0/s1. The van der Waals surface area contributed by atoms with Crippen molar-refractivity contribution in [2.75, 3.05) is 36.8 Å². The topological polar surface area (TPSA) is 113 Å². The van der Waals surface area contributed by atoms with Gasteiger partial charge in [-0.3, -0.25) is 9.10 Å². The van der Waals surface area contributed by atoms with Gasteiger partial charge in [0.1, 0.15) is 18.4 Å². The van der Waals surface area contributed by atoms with E-state index < -0.39 is 32.0 Å². The van der Waals surface area contributed by atoms with Gasteiger partial charge in [0.2, 0.25) is 26.0 Å². The van der Waals surface area contributed by atoms with Crippen LogP contribution in [0.3, 0.4) is 0 Å². The van der Waals surface area contributed by atoms with Gasteiger partial charge in [-0.2, -0.15) is 4.31 Å². The van der Waals surface area contributed by atoms with Gasteiger partial charge in [-0.05, 0) is 62.2 Å². The van der Waals surface area contributed by atoms with E-state index in [1.807, 2.05) is 0 Å². The minimum Gasteiger partial charge on any atom is -0.492 e. The van der Waals surface area contributed by atoms with Crippen LogP contribution in [-0.4, -0.2) is 65.6 Å². The molecule has 2 aromatic rings. The Balaban J connectivity index is 1.55. The van der Waals surface area contributed by atoms with Crippen LogP contribution in [0.25, 0.3) is 0 Å². The highest BCUT2D eigenvalue weighted by atomic mass is 35.5. The highest BCUT2D eigenvalue weighted by Gasteiger charge is 2.29. The van der Waals surface area contributed by atoms with E-state index in [1.54, 1.807) is 12.1 Å². The molecule has 1 aliphatic rings. The minimum atomic E-state index is -3.80. The summed E-state index contributed by atoms with van der Waals surface area (Å²) in [4.78, 5) is 12.9. The number of carbonyl (C=O) groups is 1. The number of hydrogen-bond donors (Lipinski definition) is 1. The van der Waals surface area contributed by atoms with Crippen LogP contribution in [0.4, 0.5) is 5.69 Å². The lowest BCUT2D eigenvalue weighted by Gasteiger charge is -2.28. The average molecular weight is 579 g/mol. The Labute approximate surface area is 222 Å². The lowest BCUT2D eigenvalue weighted by atomic mass is 10.2. The number of anilines is 1. The fourth-order valence-electron chi connectivity index (χ4n) is 3.88. The van der Waals surface area contributed by atoms with Crippen LogP contribution >= 0.6 is 23.2 Å². The Morgan fingerprint density at radius 2 is 1.67 bits per heavy atom. The molecule has 9 nitrogen and oxygen atoms in total. The number of sulfonamides is 2. The Bertz CT molecular complexity index is 1280. The summed E-state index contributed by atoms with van der Waals surface area (Å²) in [5, 5.41) is 3.08. The molecule has 0 aliphatic carbocycles. The second-order valence-electron chi connectivity index (χ2n) is 8.41. The summed E-state index contributed by atoms with van der Waals surface area (Å²) < 4.78 is 58.3. The van der Waals surface area contributed by atoms with Gasteiger partial charge in [-0.25, -0.2) is 16.8 Å². The van der Waals surface area contributed by atoms with Crippen LogP contribution in [0.15, 0.2) is 47.4 Å². The van der Waals surface area contributed by atoms with Crippen molar-refractivity contribution in [2.45, 2.75) is 37.1 Å². The zero-order chi connectivity index (χ0) is 26.5.